The van der Waals surface area contributed by atoms with E-state index in [-0.39, 0.29) is 5.97 Å². The Hall–Kier alpha value is -1.75. The molecule has 1 aromatic rings. The maximum atomic E-state index is 11.9. The summed E-state index contributed by atoms with van der Waals surface area (Å²) in [5.74, 6) is 0.170. The predicted octanol–water partition coefficient (Wildman–Crippen LogP) is 2.17. The van der Waals surface area contributed by atoms with Crippen LogP contribution in [0, 0.1) is 0 Å². The molecule has 5 nitrogen and oxygen atoms in total. The van der Waals surface area contributed by atoms with E-state index in [4.69, 9.17) is 15.2 Å². The van der Waals surface area contributed by atoms with Gasteiger partial charge >= 0.3 is 5.97 Å². The molecule has 0 fully saturated rings. The van der Waals surface area contributed by atoms with Crippen molar-refractivity contribution in [2.45, 2.75) is 20.8 Å². The van der Waals surface area contributed by atoms with Crippen molar-refractivity contribution in [1.29, 1.82) is 0 Å². The van der Waals surface area contributed by atoms with Crippen LogP contribution in [0.3, 0.4) is 0 Å². The van der Waals surface area contributed by atoms with Gasteiger partial charge < -0.3 is 20.1 Å². The van der Waals surface area contributed by atoms with Crippen LogP contribution in [0.1, 0.15) is 31.1 Å². The number of carbonyl (C=O) groups is 1. The number of hydrogen-bond acceptors (Lipinski definition) is 5. The van der Waals surface area contributed by atoms with Gasteiger partial charge in [0.15, 0.2) is 0 Å². The van der Waals surface area contributed by atoms with Crippen LogP contribution in [0.2, 0.25) is 0 Å². The molecule has 1 rings (SSSR count). The third-order valence-corrected chi connectivity index (χ3v) is 3.08. The molecule has 2 N–H and O–H groups in total. The normalized spacial score (nSPS) is 10.6. The van der Waals surface area contributed by atoms with Crippen LogP contribution >= 0.6 is 0 Å². The molecule has 0 heterocycles. The minimum atomic E-state index is -0.349. The van der Waals surface area contributed by atoms with E-state index < -0.39 is 0 Å². The first-order valence-electron chi connectivity index (χ1n) is 7.04. The fourth-order valence-corrected chi connectivity index (χ4v) is 1.83. The van der Waals surface area contributed by atoms with Gasteiger partial charge in [-0.25, -0.2) is 4.79 Å². The Morgan fingerprint density at radius 2 is 1.95 bits per heavy atom. The molecule has 0 atom stereocenters. The minimum absolute atomic E-state index is 0.349. The summed E-state index contributed by atoms with van der Waals surface area (Å²) in [5.41, 5.74) is 6.75. The zero-order valence-corrected chi connectivity index (χ0v) is 12.5. The summed E-state index contributed by atoms with van der Waals surface area (Å²) in [7, 11) is 0. The molecule has 0 saturated carbocycles. The second kappa shape index (κ2) is 8.43. The highest BCUT2D eigenvalue weighted by molar-refractivity contribution is 5.90. The molecule has 0 unspecified atom stereocenters. The molecule has 0 spiro atoms. The van der Waals surface area contributed by atoms with Gasteiger partial charge in [-0.05, 0) is 38.2 Å². The lowest BCUT2D eigenvalue weighted by atomic mass is 10.2. The van der Waals surface area contributed by atoms with Crippen molar-refractivity contribution in [3.8, 4) is 5.75 Å². The predicted molar refractivity (Wildman–Crippen MR) is 80.1 cm³/mol. The smallest absolute Gasteiger partial charge is 0.338 e. The number of anilines is 1. The highest BCUT2D eigenvalue weighted by Gasteiger charge is 2.11. The summed E-state index contributed by atoms with van der Waals surface area (Å²) < 4.78 is 10.6. The first kappa shape index (κ1) is 16.3. The van der Waals surface area contributed by atoms with Gasteiger partial charge in [0.1, 0.15) is 12.4 Å². The summed E-state index contributed by atoms with van der Waals surface area (Å²) in [4.78, 5) is 14.1. The summed E-state index contributed by atoms with van der Waals surface area (Å²) in [5, 5.41) is 0. The van der Waals surface area contributed by atoms with E-state index in [1.807, 2.05) is 6.92 Å². The maximum Gasteiger partial charge on any atom is 0.338 e. The second-order valence-corrected chi connectivity index (χ2v) is 4.35. The molecule has 112 valence electrons. The monoisotopic (exact) mass is 280 g/mol. The summed E-state index contributed by atoms with van der Waals surface area (Å²) in [6.45, 7) is 9.56. The Labute approximate surface area is 120 Å². The Morgan fingerprint density at radius 3 is 2.55 bits per heavy atom. The second-order valence-electron chi connectivity index (χ2n) is 4.35. The van der Waals surface area contributed by atoms with Gasteiger partial charge in [0, 0.05) is 6.54 Å². The van der Waals surface area contributed by atoms with Crippen LogP contribution in [-0.2, 0) is 4.74 Å². The number of nitrogens with zero attached hydrogens (tertiary/aromatic N) is 1. The third kappa shape index (κ3) is 4.74. The number of rotatable bonds is 8. The van der Waals surface area contributed by atoms with E-state index in [9.17, 15) is 4.79 Å². The number of benzene rings is 1. The SMILES string of the molecule is CCOc1cc(C(=O)OCCN(CC)CC)ccc1N. The topological polar surface area (TPSA) is 64.8 Å². The maximum absolute atomic E-state index is 11.9. The van der Waals surface area contributed by atoms with Gasteiger partial charge in [-0.2, -0.15) is 0 Å². The van der Waals surface area contributed by atoms with E-state index in [2.05, 4.69) is 18.7 Å². The van der Waals surface area contributed by atoms with Crippen molar-refractivity contribution in [3.63, 3.8) is 0 Å². The van der Waals surface area contributed by atoms with Gasteiger partial charge in [0.2, 0.25) is 0 Å². The van der Waals surface area contributed by atoms with Gasteiger partial charge in [-0.3, -0.25) is 0 Å². The molecule has 0 bridgehead atoms. The van der Waals surface area contributed by atoms with Crippen molar-refractivity contribution in [2.24, 2.45) is 0 Å². The summed E-state index contributed by atoms with van der Waals surface area (Å²) >= 11 is 0. The van der Waals surface area contributed by atoms with Crippen LogP contribution in [-0.4, -0.2) is 43.7 Å². The standard InChI is InChI=1S/C15H24N2O3/c1-4-17(5-2)9-10-20-15(18)12-7-8-13(16)14(11-12)19-6-3/h7-8,11H,4-6,9-10,16H2,1-3H3. The number of carbonyl (C=O) groups excluding carboxylic acids is 1. The van der Waals surface area contributed by atoms with Crippen molar-refractivity contribution in [3.05, 3.63) is 23.8 Å². The molecule has 1 aromatic carbocycles. The van der Waals surface area contributed by atoms with Crippen molar-refractivity contribution < 1.29 is 14.3 Å². The first-order chi connectivity index (χ1) is 9.62. The van der Waals surface area contributed by atoms with Crippen LogP contribution in [0.4, 0.5) is 5.69 Å². The zero-order valence-electron chi connectivity index (χ0n) is 12.5. The van der Waals surface area contributed by atoms with E-state index in [0.717, 1.165) is 19.6 Å². The van der Waals surface area contributed by atoms with Crippen LogP contribution < -0.4 is 10.5 Å². The Balaban J connectivity index is 2.57. The summed E-state index contributed by atoms with van der Waals surface area (Å²) in [6, 6.07) is 4.93. The van der Waals surface area contributed by atoms with E-state index >= 15 is 0 Å². The fraction of sp³-hybridized carbons (Fsp3) is 0.533. The molecule has 0 aliphatic heterocycles. The van der Waals surface area contributed by atoms with E-state index in [1.165, 1.54) is 0 Å². The lowest BCUT2D eigenvalue weighted by Crippen LogP contribution is -2.27. The Bertz CT molecular complexity index is 431. The Morgan fingerprint density at radius 1 is 1.25 bits per heavy atom. The number of nitrogen functional groups attached to an aromatic ring is 1. The molecule has 0 aliphatic carbocycles. The number of ether oxygens (including phenoxy) is 2. The van der Waals surface area contributed by atoms with Gasteiger partial charge in [0.25, 0.3) is 0 Å². The zero-order chi connectivity index (χ0) is 15.0. The molecule has 20 heavy (non-hydrogen) atoms. The fourth-order valence-electron chi connectivity index (χ4n) is 1.83. The third-order valence-electron chi connectivity index (χ3n) is 3.08. The lowest BCUT2D eigenvalue weighted by Gasteiger charge is -2.17. The molecule has 0 amide bonds. The highest BCUT2D eigenvalue weighted by atomic mass is 16.5. The number of hydrogen-bond donors (Lipinski definition) is 1. The van der Waals surface area contributed by atoms with Crippen molar-refractivity contribution in [2.75, 3.05) is 38.6 Å². The molecular formula is C15H24N2O3. The van der Waals surface area contributed by atoms with Gasteiger partial charge in [-0.15, -0.1) is 0 Å². The Kier molecular flexibility index (Phi) is 6.87. The van der Waals surface area contributed by atoms with Crippen LogP contribution in [0.25, 0.3) is 0 Å². The number of likely N-dealkylation sites (N-methyl/N-ethyl adjacent to an activating group) is 1. The van der Waals surface area contributed by atoms with Crippen molar-refractivity contribution in [1.82, 2.24) is 4.90 Å². The molecule has 0 aromatic heterocycles. The number of nitrogens with two attached hydrogens (primary N) is 1. The average Bonchev–Trinajstić information content (AvgIpc) is 2.46. The molecule has 0 aliphatic rings. The average molecular weight is 280 g/mol. The largest absolute Gasteiger partial charge is 0.492 e. The molecule has 0 saturated heterocycles. The van der Waals surface area contributed by atoms with Gasteiger partial charge in [-0.1, -0.05) is 13.8 Å². The number of esters is 1. The molecular weight excluding hydrogens is 256 g/mol. The first-order valence-corrected chi connectivity index (χ1v) is 7.04. The molecule has 0 radical (unpaired) electrons. The van der Waals surface area contributed by atoms with Crippen LogP contribution in [0.15, 0.2) is 18.2 Å². The molecule has 5 heteroatoms. The quantitative estimate of drug-likeness (QED) is 0.584. The van der Waals surface area contributed by atoms with E-state index in [0.29, 0.717) is 30.2 Å². The van der Waals surface area contributed by atoms with Gasteiger partial charge in [0.05, 0.1) is 17.9 Å². The van der Waals surface area contributed by atoms with Crippen molar-refractivity contribution >= 4 is 11.7 Å². The van der Waals surface area contributed by atoms with Crippen LogP contribution in [0.5, 0.6) is 5.75 Å². The summed E-state index contributed by atoms with van der Waals surface area (Å²) in [6.07, 6.45) is 0. The van der Waals surface area contributed by atoms with E-state index in [1.54, 1.807) is 18.2 Å². The minimum Gasteiger partial charge on any atom is -0.492 e. The highest BCUT2D eigenvalue weighted by Crippen LogP contribution is 2.23. The lowest BCUT2D eigenvalue weighted by molar-refractivity contribution is 0.0466.